The molecule has 0 unspecified atom stereocenters. The van der Waals surface area contributed by atoms with Gasteiger partial charge < -0.3 is 5.32 Å². The van der Waals surface area contributed by atoms with Gasteiger partial charge in [-0.2, -0.15) is 0 Å². The van der Waals surface area contributed by atoms with E-state index in [0.717, 1.165) is 28.1 Å². The quantitative estimate of drug-likeness (QED) is 0.775. The molecule has 0 aliphatic carbocycles. The Hall–Kier alpha value is -2.31. The zero-order valence-corrected chi connectivity index (χ0v) is 17.8. The minimum Gasteiger partial charge on any atom is -0.326 e. The van der Waals surface area contributed by atoms with Crippen LogP contribution in [0, 0.1) is 20.8 Å². The number of rotatable bonds is 4. The highest BCUT2D eigenvalue weighted by molar-refractivity contribution is 8.15. The summed E-state index contributed by atoms with van der Waals surface area (Å²) in [6, 6.07) is 11.3. The molecule has 5 nitrogen and oxygen atoms in total. The molecular weight excluding hydrogens is 394 g/mol. The van der Waals surface area contributed by atoms with Gasteiger partial charge in [0.05, 0.1) is 5.69 Å². The number of amidine groups is 1. The molecule has 2 aromatic carbocycles. The number of benzene rings is 2. The van der Waals surface area contributed by atoms with E-state index in [-0.39, 0.29) is 18.2 Å². The summed E-state index contributed by atoms with van der Waals surface area (Å²) in [5.41, 5.74) is 4.59. The molecule has 1 aliphatic rings. The third-order valence-corrected chi connectivity index (χ3v) is 6.01. The molecule has 0 spiro atoms. The van der Waals surface area contributed by atoms with E-state index in [2.05, 4.69) is 10.3 Å². The second kappa shape index (κ2) is 8.37. The van der Waals surface area contributed by atoms with Gasteiger partial charge in [0.1, 0.15) is 5.25 Å². The topological polar surface area (TPSA) is 61.8 Å². The van der Waals surface area contributed by atoms with Crippen LogP contribution in [-0.4, -0.2) is 34.2 Å². The van der Waals surface area contributed by atoms with E-state index in [4.69, 9.17) is 11.6 Å². The fraction of sp³-hybridized carbons (Fsp3) is 0.286. The van der Waals surface area contributed by atoms with E-state index >= 15 is 0 Å². The molecule has 146 valence electrons. The summed E-state index contributed by atoms with van der Waals surface area (Å²) in [6.07, 6.45) is 0.0970. The molecule has 28 heavy (non-hydrogen) atoms. The van der Waals surface area contributed by atoms with Crippen LogP contribution in [-0.2, 0) is 9.59 Å². The maximum atomic E-state index is 12.6. The van der Waals surface area contributed by atoms with Crippen molar-refractivity contribution in [3.05, 3.63) is 58.1 Å². The summed E-state index contributed by atoms with van der Waals surface area (Å²) < 4.78 is 0. The van der Waals surface area contributed by atoms with Gasteiger partial charge in [0, 0.05) is 24.2 Å². The monoisotopic (exact) mass is 415 g/mol. The average molecular weight is 416 g/mol. The lowest BCUT2D eigenvalue weighted by Crippen LogP contribution is -2.30. The fourth-order valence-electron chi connectivity index (χ4n) is 2.97. The number of amides is 2. The van der Waals surface area contributed by atoms with Crippen LogP contribution in [0.3, 0.4) is 0 Å². The molecule has 2 aromatic rings. The van der Waals surface area contributed by atoms with Gasteiger partial charge in [0.25, 0.3) is 0 Å². The predicted molar refractivity (Wildman–Crippen MR) is 117 cm³/mol. The largest absolute Gasteiger partial charge is 0.326 e. The van der Waals surface area contributed by atoms with Gasteiger partial charge in [0.15, 0.2) is 5.17 Å². The van der Waals surface area contributed by atoms with Gasteiger partial charge in [-0.15, -0.1) is 0 Å². The standard InChI is InChI=1S/C21H22ClN3O2S/c1-12-5-7-16(13(2)9-12)23-19(26)11-18-20(27)25(4)21(28-18)24-17-8-6-15(22)10-14(17)3/h5-10,18H,11H2,1-4H3,(H,23,26)/t18-/m1/s1. The lowest BCUT2D eigenvalue weighted by Gasteiger charge is -2.11. The van der Waals surface area contributed by atoms with Crippen molar-refractivity contribution >= 4 is 51.7 Å². The van der Waals surface area contributed by atoms with Crippen LogP contribution in [0.15, 0.2) is 41.4 Å². The lowest BCUT2D eigenvalue weighted by molar-refractivity contribution is -0.127. The molecule has 1 saturated heterocycles. The number of nitrogens with one attached hydrogen (secondary N) is 1. The van der Waals surface area contributed by atoms with Crippen LogP contribution < -0.4 is 5.32 Å². The molecular formula is C21H22ClN3O2S. The van der Waals surface area contributed by atoms with E-state index in [1.165, 1.54) is 16.7 Å². The third kappa shape index (κ3) is 4.56. The number of hydrogen-bond acceptors (Lipinski definition) is 4. The third-order valence-electron chi connectivity index (χ3n) is 4.54. The first-order valence-corrected chi connectivity index (χ1v) is 10.2. The molecule has 0 radical (unpaired) electrons. The highest BCUT2D eigenvalue weighted by Crippen LogP contribution is 2.32. The molecule has 1 heterocycles. The molecule has 1 aliphatic heterocycles. The number of aliphatic imine (C=N–C) groups is 1. The van der Waals surface area contributed by atoms with Crippen molar-refractivity contribution in [2.45, 2.75) is 32.4 Å². The molecule has 3 rings (SSSR count). The first-order chi connectivity index (χ1) is 13.2. The number of carbonyl (C=O) groups is 2. The highest BCUT2D eigenvalue weighted by Gasteiger charge is 2.37. The predicted octanol–water partition coefficient (Wildman–Crippen LogP) is 4.86. The molecule has 0 bridgehead atoms. The minimum atomic E-state index is -0.484. The van der Waals surface area contributed by atoms with Crippen LogP contribution >= 0.6 is 23.4 Å². The molecule has 7 heteroatoms. The van der Waals surface area contributed by atoms with Crippen LogP contribution in [0.4, 0.5) is 11.4 Å². The Kier molecular flexibility index (Phi) is 6.10. The summed E-state index contributed by atoms with van der Waals surface area (Å²) in [7, 11) is 1.68. The normalized spacial score (nSPS) is 18.0. The van der Waals surface area contributed by atoms with Crippen molar-refractivity contribution in [3.63, 3.8) is 0 Å². The summed E-state index contributed by atoms with van der Waals surface area (Å²) in [5.74, 6) is -0.304. The maximum absolute atomic E-state index is 12.6. The van der Waals surface area contributed by atoms with E-state index in [1.54, 1.807) is 13.1 Å². The summed E-state index contributed by atoms with van der Waals surface area (Å²) in [6.45, 7) is 5.87. The van der Waals surface area contributed by atoms with Gasteiger partial charge in [0.2, 0.25) is 11.8 Å². The van der Waals surface area contributed by atoms with Crippen LogP contribution in [0.2, 0.25) is 5.02 Å². The van der Waals surface area contributed by atoms with Crippen molar-refractivity contribution in [2.75, 3.05) is 12.4 Å². The van der Waals surface area contributed by atoms with Gasteiger partial charge in [-0.25, -0.2) is 4.99 Å². The Labute approximate surface area is 174 Å². The maximum Gasteiger partial charge on any atom is 0.242 e. The molecule has 1 N–H and O–H groups in total. The number of nitrogens with zero attached hydrogens (tertiary/aromatic N) is 2. The Balaban J connectivity index is 1.70. The Morgan fingerprint density at radius 1 is 1.18 bits per heavy atom. The molecule has 2 amide bonds. The molecule has 1 atom stereocenters. The van der Waals surface area contributed by atoms with Crippen LogP contribution in [0.25, 0.3) is 0 Å². The van der Waals surface area contributed by atoms with E-state index in [9.17, 15) is 9.59 Å². The molecule has 0 saturated carbocycles. The summed E-state index contributed by atoms with van der Waals surface area (Å²) >= 11 is 7.30. The minimum absolute atomic E-state index is 0.0970. The number of halogens is 1. The number of anilines is 1. The number of hydrogen-bond donors (Lipinski definition) is 1. The fourth-order valence-corrected chi connectivity index (χ4v) is 4.34. The Bertz CT molecular complexity index is 974. The van der Waals surface area contributed by atoms with Crippen molar-refractivity contribution in [1.82, 2.24) is 4.90 Å². The van der Waals surface area contributed by atoms with E-state index in [1.807, 2.05) is 51.1 Å². The number of carbonyl (C=O) groups excluding carboxylic acids is 2. The SMILES string of the molecule is Cc1ccc(NC(=O)C[C@H]2SC(=Nc3ccc(Cl)cc3C)N(C)C2=O)c(C)c1. The van der Waals surface area contributed by atoms with Gasteiger partial charge in [-0.3, -0.25) is 14.5 Å². The number of aryl methyl sites for hydroxylation is 3. The summed E-state index contributed by atoms with van der Waals surface area (Å²) in [5, 5.41) is 3.65. The van der Waals surface area contributed by atoms with Gasteiger partial charge >= 0.3 is 0 Å². The lowest BCUT2D eigenvalue weighted by atomic mass is 10.1. The molecule has 0 aromatic heterocycles. The van der Waals surface area contributed by atoms with E-state index < -0.39 is 5.25 Å². The second-order valence-corrected chi connectivity index (χ2v) is 8.51. The van der Waals surface area contributed by atoms with Crippen LogP contribution in [0.5, 0.6) is 0 Å². The van der Waals surface area contributed by atoms with Crippen molar-refractivity contribution in [3.8, 4) is 0 Å². The zero-order chi connectivity index (χ0) is 20.4. The first-order valence-electron chi connectivity index (χ1n) is 8.91. The van der Waals surface area contributed by atoms with Crippen molar-refractivity contribution in [2.24, 2.45) is 4.99 Å². The number of thioether (sulfide) groups is 1. The van der Waals surface area contributed by atoms with Crippen molar-refractivity contribution < 1.29 is 9.59 Å². The molecule has 1 fully saturated rings. The summed E-state index contributed by atoms with van der Waals surface area (Å²) in [4.78, 5) is 31.1. The van der Waals surface area contributed by atoms with Gasteiger partial charge in [-0.1, -0.05) is 41.1 Å². The van der Waals surface area contributed by atoms with Crippen molar-refractivity contribution in [1.29, 1.82) is 0 Å². The highest BCUT2D eigenvalue weighted by atomic mass is 35.5. The smallest absolute Gasteiger partial charge is 0.242 e. The van der Waals surface area contributed by atoms with Gasteiger partial charge in [-0.05, 0) is 56.2 Å². The zero-order valence-electron chi connectivity index (χ0n) is 16.2. The Morgan fingerprint density at radius 3 is 2.61 bits per heavy atom. The average Bonchev–Trinajstić information content (AvgIpc) is 2.88. The van der Waals surface area contributed by atoms with Crippen LogP contribution in [0.1, 0.15) is 23.1 Å². The first kappa shape index (κ1) is 20.4. The Morgan fingerprint density at radius 2 is 1.93 bits per heavy atom. The van der Waals surface area contributed by atoms with E-state index in [0.29, 0.717) is 10.2 Å². The second-order valence-electron chi connectivity index (χ2n) is 6.90.